The number of nitrogens with two attached hydrogens (primary N) is 1. The molecule has 1 aromatic rings. The molecule has 2 unspecified atom stereocenters. The van der Waals surface area contributed by atoms with Gasteiger partial charge in [0.2, 0.25) is 5.91 Å². The van der Waals surface area contributed by atoms with Gasteiger partial charge in [0.05, 0.1) is 12.2 Å². The van der Waals surface area contributed by atoms with Crippen molar-refractivity contribution < 1.29 is 4.79 Å². The Morgan fingerprint density at radius 1 is 1.56 bits per heavy atom. The van der Waals surface area contributed by atoms with Crippen LogP contribution in [0.2, 0.25) is 0 Å². The van der Waals surface area contributed by atoms with E-state index in [1.54, 1.807) is 0 Å². The molecule has 0 aliphatic carbocycles. The molecular formula is C13H24N4O. The average Bonchev–Trinajstić information content (AvgIpc) is 2.66. The van der Waals surface area contributed by atoms with Gasteiger partial charge in [-0.2, -0.15) is 5.10 Å². The molecule has 1 rings (SSSR count). The lowest BCUT2D eigenvalue weighted by atomic mass is 10.0. The van der Waals surface area contributed by atoms with Crippen LogP contribution in [0.15, 0.2) is 6.20 Å². The summed E-state index contributed by atoms with van der Waals surface area (Å²) in [7, 11) is 1.90. The summed E-state index contributed by atoms with van der Waals surface area (Å²) in [5, 5.41) is 7.21. The van der Waals surface area contributed by atoms with Gasteiger partial charge in [-0.05, 0) is 33.2 Å². The summed E-state index contributed by atoms with van der Waals surface area (Å²) in [5.74, 6) is 0.0900. The summed E-state index contributed by atoms with van der Waals surface area (Å²) < 4.78 is 1.82. The molecule has 0 saturated carbocycles. The van der Waals surface area contributed by atoms with Crippen LogP contribution >= 0.6 is 0 Å². The van der Waals surface area contributed by atoms with Crippen molar-refractivity contribution in [2.75, 3.05) is 6.54 Å². The van der Waals surface area contributed by atoms with E-state index in [0.29, 0.717) is 6.54 Å². The Kier molecular flexibility index (Phi) is 5.34. The fraction of sp³-hybridized carbons (Fsp3) is 0.692. The van der Waals surface area contributed by atoms with E-state index in [4.69, 9.17) is 5.73 Å². The van der Waals surface area contributed by atoms with Gasteiger partial charge in [-0.3, -0.25) is 9.48 Å². The number of nitrogens with zero attached hydrogens (tertiary/aromatic N) is 2. The Bertz CT molecular complexity index is 400. The fourth-order valence-electron chi connectivity index (χ4n) is 1.93. The molecule has 5 nitrogen and oxygen atoms in total. The zero-order valence-electron chi connectivity index (χ0n) is 11.7. The van der Waals surface area contributed by atoms with Crippen LogP contribution < -0.4 is 11.1 Å². The van der Waals surface area contributed by atoms with Gasteiger partial charge in [-0.1, -0.05) is 6.92 Å². The first kappa shape index (κ1) is 14.7. The zero-order valence-corrected chi connectivity index (χ0v) is 11.7. The Labute approximate surface area is 109 Å². The van der Waals surface area contributed by atoms with Crippen molar-refractivity contribution in [3.05, 3.63) is 17.5 Å². The van der Waals surface area contributed by atoms with E-state index in [1.165, 1.54) is 0 Å². The smallest absolute Gasteiger partial charge is 0.223 e. The number of carbonyl (C=O) groups is 1. The standard InChI is InChI=1S/C13H24N4O/c1-9(6-5-7-14)13(18)16-10(2)12-8-15-17(4)11(12)3/h8-10H,5-7,14H2,1-4H3,(H,16,18). The summed E-state index contributed by atoms with van der Waals surface area (Å²) >= 11 is 0. The third kappa shape index (κ3) is 3.57. The molecule has 1 amide bonds. The Hall–Kier alpha value is -1.36. The molecule has 0 aromatic carbocycles. The Balaban J connectivity index is 2.56. The Morgan fingerprint density at radius 2 is 2.22 bits per heavy atom. The van der Waals surface area contributed by atoms with Crippen LogP contribution in [-0.4, -0.2) is 22.2 Å². The van der Waals surface area contributed by atoms with Gasteiger partial charge in [0.1, 0.15) is 0 Å². The van der Waals surface area contributed by atoms with Crippen LogP contribution in [0.3, 0.4) is 0 Å². The maximum Gasteiger partial charge on any atom is 0.223 e. The zero-order chi connectivity index (χ0) is 13.7. The summed E-state index contributed by atoms with van der Waals surface area (Å²) in [6, 6.07) is -0.00785. The molecule has 0 radical (unpaired) electrons. The van der Waals surface area contributed by atoms with E-state index < -0.39 is 0 Å². The highest BCUT2D eigenvalue weighted by Gasteiger charge is 2.18. The number of nitrogens with one attached hydrogen (secondary N) is 1. The van der Waals surface area contributed by atoms with Crippen molar-refractivity contribution in [3.8, 4) is 0 Å². The van der Waals surface area contributed by atoms with Crippen LogP contribution in [0.1, 0.15) is 44.0 Å². The van der Waals surface area contributed by atoms with Crippen molar-refractivity contribution in [1.29, 1.82) is 0 Å². The molecule has 2 atom stereocenters. The van der Waals surface area contributed by atoms with Crippen molar-refractivity contribution in [3.63, 3.8) is 0 Å². The fourth-order valence-corrected chi connectivity index (χ4v) is 1.93. The van der Waals surface area contributed by atoms with Gasteiger partial charge in [0, 0.05) is 24.2 Å². The summed E-state index contributed by atoms with van der Waals surface area (Å²) in [4.78, 5) is 12.0. The second-order valence-corrected chi connectivity index (χ2v) is 4.87. The van der Waals surface area contributed by atoms with Gasteiger partial charge in [0.25, 0.3) is 0 Å². The molecule has 18 heavy (non-hydrogen) atoms. The molecule has 0 aliphatic heterocycles. The van der Waals surface area contributed by atoms with Gasteiger partial charge in [-0.25, -0.2) is 0 Å². The molecule has 0 spiro atoms. The largest absolute Gasteiger partial charge is 0.349 e. The van der Waals surface area contributed by atoms with Crippen LogP contribution in [0, 0.1) is 12.8 Å². The third-order valence-corrected chi connectivity index (χ3v) is 3.39. The summed E-state index contributed by atoms with van der Waals surface area (Å²) in [5.41, 5.74) is 7.60. The molecule has 1 aromatic heterocycles. The first-order chi connectivity index (χ1) is 8.47. The maximum atomic E-state index is 12.0. The number of hydrogen-bond donors (Lipinski definition) is 2. The van der Waals surface area contributed by atoms with Gasteiger partial charge in [0.15, 0.2) is 0 Å². The van der Waals surface area contributed by atoms with E-state index in [-0.39, 0.29) is 17.9 Å². The molecule has 0 saturated heterocycles. The van der Waals surface area contributed by atoms with E-state index in [2.05, 4.69) is 10.4 Å². The maximum absolute atomic E-state index is 12.0. The molecule has 0 fully saturated rings. The predicted molar refractivity (Wildman–Crippen MR) is 72.0 cm³/mol. The number of aromatic nitrogens is 2. The van der Waals surface area contributed by atoms with Crippen LogP contribution in [-0.2, 0) is 11.8 Å². The third-order valence-electron chi connectivity index (χ3n) is 3.39. The van der Waals surface area contributed by atoms with Gasteiger partial charge in [-0.15, -0.1) is 0 Å². The molecule has 0 aliphatic rings. The first-order valence-corrected chi connectivity index (χ1v) is 6.46. The van der Waals surface area contributed by atoms with Crippen molar-refractivity contribution in [2.24, 2.45) is 18.7 Å². The van der Waals surface area contributed by atoms with E-state index in [1.807, 2.05) is 38.7 Å². The quantitative estimate of drug-likeness (QED) is 0.801. The van der Waals surface area contributed by atoms with E-state index in [0.717, 1.165) is 24.1 Å². The molecule has 5 heteroatoms. The number of aryl methyl sites for hydroxylation is 1. The normalized spacial score (nSPS) is 14.3. The number of amides is 1. The van der Waals surface area contributed by atoms with Crippen molar-refractivity contribution in [1.82, 2.24) is 15.1 Å². The minimum absolute atomic E-state index is 0.00739. The number of rotatable bonds is 6. The monoisotopic (exact) mass is 252 g/mol. The highest BCUT2D eigenvalue weighted by atomic mass is 16.1. The molecule has 0 bridgehead atoms. The minimum atomic E-state index is -0.00785. The SMILES string of the molecule is Cc1c(C(C)NC(=O)C(C)CCCN)cnn1C. The van der Waals surface area contributed by atoms with E-state index >= 15 is 0 Å². The molecular weight excluding hydrogens is 228 g/mol. The lowest BCUT2D eigenvalue weighted by molar-refractivity contribution is -0.125. The molecule has 1 heterocycles. The Morgan fingerprint density at radius 3 is 2.72 bits per heavy atom. The lowest BCUT2D eigenvalue weighted by Crippen LogP contribution is -2.32. The van der Waals surface area contributed by atoms with Crippen molar-refractivity contribution >= 4 is 5.91 Å². The van der Waals surface area contributed by atoms with Gasteiger partial charge < -0.3 is 11.1 Å². The van der Waals surface area contributed by atoms with Crippen LogP contribution in [0.4, 0.5) is 0 Å². The van der Waals surface area contributed by atoms with Crippen LogP contribution in [0.5, 0.6) is 0 Å². The second kappa shape index (κ2) is 6.54. The van der Waals surface area contributed by atoms with Crippen LogP contribution in [0.25, 0.3) is 0 Å². The topological polar surface area (TPSA) is 72.9 Å². The number of hydrogen-bond acceptors (Lipinski definition) is 3. The summed E-state index contributed by atoms with van der Waals surface area (Å²) in [6.07, 6.45) is 3.53. The highest BCUT2D eigenvalue weighted by molar-refractivity contribution is 5.78. The summed E-state index contributed by atoms with van der Waals surface area (Å²) in [6.45, 7) is 6.56. The van der Waals surface area contributed by atoms with E-state index in [9.17, 15) is 4.79 Å². The van der Waals surface area contributed by atoms with Crippen molar-refractivity contribution in [2.45, 2.75) is 39.7 Å². The number of carbonyl (C=O) groups excluding carboxylic acids is 1. The average molecular weight is 252 g/mol. The van der Waals surface area contributed by atoms with Gasteiger partial charge >= 0.3 is 0 Å². The minimum Gasteiger partial charge on any atom is -0.349 e. The second-order valence-electron chi connectivity index (χ2n) is 4.87. The first-order valence-electron chi connectivity index (χ1n) is 6.46. The highest BCUT2D eigenvalue weighted by Crippen LogP contribution is 2.17. The molecule has 102 valence electrons. The lowest BCUT2D eigenvalue weighted by Gasteiger charge is -2.17. The predicted octanol–water partition coefficient (Wildman–Crippen LogP) is 1.28. The molecule has 3 N–H and O–H groups in total.